The lowest BCUT2D eigenvalue weighted by Crippen LogP contribution is -1.98. The SMILES string of the molecule is CCCC1(S)CC1C. The summed E-state index contributed by atoms with van der Waals surface area (Å²) in [5.74, 6) is 0.880. The summed E-state index contributed by atoms with van der Waals surface area (Å²) in [5, 5.41) is 0. The third-order valence-electron chi connectivity index (χ3n) is 2.10. The van der Waals surface area contributed by atoms with Gasteiger partial charge in [-0.2, -0.15) is 12.6 Å². The van der Waals surface area contributed by atoms with Crippen molar-refractivity contribution in [3.63, 3.8) is 0 Å². The number of thiol groups is 1. The molecule has 0 spiro atoms. The summed E-state index contributed by atoms with van der Waals surface area (Å²) in [7, 11) is 0. The van der Waals surface area contributed by atoms with E-state index < -0.39 is 0 Å². The second-order valence-electron chi connectivity index (χ2n) is 2.96. The monoisotopic (exact) mass is 130 g/mol. The summed E-state index contributed by atoms with van der Waals surface area (Å²) >= 11 is 4.54. The van der Waals surface area contributed by atoms with E-state index in [0.29, 0.717) is 4.75 Å². The van der Waals surface area contributed by atoms with Crippen molar-refractivity contribution < 1.29 is 0 Å². The molecule has 1 rings (SSSR count). The van der Waals surface area contributed by atoms with Crippen LogP contribution < -0.4 is 0 Å². The zero-order valence-corrected chi connectivity index (χ0v) is 6.54. The lowest BCUT2D eigenvalue weighted by molar-refractivity contribution is 0.705. The maximum absolute atomic E-state index is 4.54. The maximum atomic E-state index is 4.54. The molecule has 1 fully saturated rings. The molecule has 8 heavy (non-hydrogen) atoms. The lowest BCUT2D eigenvalue weighted by Gasteiger charge is -2.03. The van der Waals surface area contributed by atoms with Crippen molar-refractivity contribution in [1.82, 2.24) is 0 Å². The van der Waals surface area contributed by atoms with Crippen molar-refractivity contribution in [1.29, 1.82) is 0 Å². The van der Waals surface area contributed by atoms with Crippen LogP contribution in [0.15, 0.2) is 0 Å². The summed E-state index contributed by atoms with van der Waals surface area (Å²) in [6, 6.07) is 0. The maximum Gasteiger partial charge on any atom is 0.0159 e. The van der Waals surface area contributed by atoms with E-state index in [1.54, 1.807) is 0 Å². The van der Waals surface area contributed by atoms with Crippen LogP contribution in [0.3, 0.4) is 0 Å². The van der Waals surface area contributed by atoms with Gasteiger partial charge in [-0.15, -0.1) is 0 Å². The molecule has 0 heterocycles. The molecule has 0 aromatic heterocycles. The van der Waals surface area contributed by atoms with Crippen molar-refractivity contribution in [2.45, 2.75) is 37.9 Å². The van der Waals surface area contributed by atoms with Crippen LogP contribution in [0.4, 0.5) is 0 Å². The topological polar surface area (TPSA) is 0 Å². The largest absolute Gasteiger partial charge is 0.172 e. The molecule has 0 saturated heterocycles. The van der Waals surface area contributed by atoms with E-state index in [2.05, 4.69) is 26.5 Å². The summed E-state index contributed by atoms with van der Waals surface area (Å²) < 4.78 is 0.453. The van der Waals surface area contributed by atoms with Gasteiger partial charge in [0.25, 0.3) is 0 Å². The van der Waals surface area contributed by atoms with Gasteiger partial charge in [0.2, 0.25) is 0 Å². The third-order valence-corrected chi connectivity index (χ3v) is 2.95. The van der Waals surface area contributed by atoms with E-state index in [1.165, 1.54) is 19.3 Å². The molecule has 1 aliphatic carbocycles. The van der Waals surface area contributed by atoms with E-state index in [0.717, 1.165) is 5.92 Å². The minimum Gasteiger partial charge on any atom is -0.172 e. The van der Waals surface area contributed by atoms with Crippen LogP contribution >= 0.6 is 12.6 Å². The minimum atomic E-state index is 0.453. The molecule has 0 nitrogen and oxygen atoms in total. The first-order valence-corrected chi connectivity index (χ1v) is 3.86. The predicted molar refractivity (Wildman–Crippen MR) is 40.4 cm³/mol. The molecule has 1 aliphatic rings. The molecule has 0 aliphatic heterocycles. The zero-order chi connectivity index (χ0) is 6.20. The fraction of sp³-hybridized carbons (Fsp3) is 1.00. The van der Waals surface area contributed by atoms with Gasteiger partial charge in [0.1, 0.15) is 0 Å². The van der Waals surface area contributed by atoms with Gasteiger partial charge in [0.05, 0.1) is 0 Å². The highest BCUT2D eigenvalue weighted by atomic mass is 32.1. The smallest absolute Gasteiger partial charge is 0.0159 e. The van der Waals surface area contributed by atoms with Crippen LogP contribution in [0.25, 0.3) is 0 Å². The van der Waals surface area contributed by atoms with Gasteiger partial charge < -0.3 is 0 Å². The van der Waals surface area contributed by atoms with Crippen molar-refractivity contribution in [2.75, 3.05) is 0 Å². The van der Waals surface area contributed by atoms with Gasteiger partial charge in [-0.3, -0.25) is 0 Å². The molecule has 1 saturated carbocycles. The molecule has 0 bridgehead atoms. The second kappa shape index (κ2) is 1.94. The Labute approximate surface area is 57.1 Å². The molecule has 48 valence electrons. The average Bonchev–Trinajstić information content (AvgIpc) is 2.16. The quantitative estimate of drug-likeness (QED) is 0.545. The molecule has 0 radical (unpaired) electrons. The lowest BCUT2D eigenvalue weighted by atomic mass is 10.2. The van der Waals surface area contributed by atoms with Crippen LogP contribution in [0.2, 0.25) is 0 Å². The fourth-order valence-corrected chi connectivity index (χ4v) is 1.75. The van der Waals surface area contributed by atoms with Gasteiger partial charge in [-0.1, -0.05) is 20.3 Å². The van der Waals surface area contributed by atoms with Crippen molar-refractivity contribution in [2.24, 2.45) is 5.92 Å². The Kier molecular flexibility index (Phi) is 1.57. The first-order chi connectivity index (χ1) is 3.69. The third kappa shape index (κ3) is 1.02. The Bertz CT molecular complexity index is 90.4. The molecule has 1 heteroatoms. The molecule has 2 unspecified atom stereocenters. The summed E-state index contributed by atoms with van der Waals surface area (Å²) in [6.07, 6.45) is 3.93. The Morgan fingerprint density at radius 1 is 1.75 bits per heavy atom. The van der Waals surface area contributed by atoms with Crippen LogP contribution in [-0.2, 0) is 0 Å². The number of hydrogen-bond donors (Lipinski definition) is 1. The normalized spacial score (nSPS) is 44.6. The van der Waals surface area contributed by atoms with Crippen LogP contribution in [0, 0.1) is 5.92 Å². The van der Waals surface area contributed by atoms with Gasteiger partial charge in [-0.05, 0) is 18.8 Å². The summed E-state index contributed by atoms with van der Waals surface area (Å²) in [6.45, 7) is 4.51. The standard InChI is InChI=1S/C7H14S/c1-3-4-7(8)5-6(7)2/h6,8H,3-5H2,1-2H3. The Morgan fingerprint density at radius 3 is 2.38 bits per heavy atom. The van der Waals surface area contributed by atoms with Crippen LogP contribution in [-0.4, -0.2) is 4.75 Å². The number of hydrogen-bond acceptors (Lipinski definition) is 1. The first-order valence-electron chi connectivity index (χ1n) is 3.41. The van der Waals surface area contributed by atoms with Gasteiger partial charge in [0, 0.05) is 4.75 Å². The van der Waals surface area contributed by atoms with Crippen LogP contribution in [0.1, 0.15) is 33.1 Å². The highest BCUT2D eigenvalue weighted by molar-refractivity contribution is 7.82. The molecule has 0 N–H and O–H groups in total. The Balaban J connectivity index is 2.25. The predicted octanol–water partition coefficient (Wildman–Crippen LogP) is 2.49. The molecule has 0 aromatic carbocycles. The minimum absolute atomic E-state index is 0.453. The van der Waals surface area contributed by atoms with E-state index >= 15 is 0 Å². The molecular formula is C7H14S. The molecule has 0 aromatic rings. The molecule has 0 amide bonds. The van der Waals surface area contributed by atoms with Crippen molar-refractivity contribution in [3.05, 3.63) is 0 Å². The van der Waals surface area contributed by atoms with E-state index in [9.17, 15) is 0 Å². The second-order valence-corrected chi connectivity index (χ2v) is 3.85. The zero-order valence-electron chi connectivity index (χ0n) is 5.65. The van der Waals surface area contributed by atoms with E-state index in [1.807, 2.05) is 0 Å². The van der Waals surface area contributed by atoms with E-state index in [4.69, 9.17) is 0 Å². The van der Waals surface area contributed by atoms with Crippen molar-refractivity contribution in [3.8, 4) is 0 Å². The highest BCUT2D eigenvalue weighted by Gasteiger charge is 2.46. The summed E-state index contributed by atoms with van der Waals surface area (Å²) in [5.41, 5.74) is 0. The summed E-state index contributed by atoms with van der Waals surface area (Å²) in [4.78, 5) is 0. The number of rotatable bonds is 2. The Morgan fingerprint density at radius 2 is 2.25 bits per heavy atom. The highest BCUT2D eigenvalue weighted by Crippen LogP contribution is 2.51. The Hall–Kier alpha value is 0.350. The first kappa shape index (κ1) is 6.47. The average molecular weight is 130 g/mol. The van der Waals surface area contributed by atoms with Crippen LogP contribution in [0.5, 0.6) is 0 Å². The van der Waals surface area contributed by atoms with Gasteiger partial charge >= 0.3 is 0 Å². The van der Waals surface area contributed by atoms with Gasteiger partial charge in [-0.25, -0.2) is 0 Å². The van der Waals surface area contributed by atoms with Crippen molar-refractivity contribution >= 4 is 12.6 Å². The van der Waals surface area contributed by atoms with Gasteiger partial charge in [0.15, 0.2) is 0 Å². The van der Waals surface area contributed by atoms with E-state index in [-0.39, 0.29) is 0 Å². The fourth-order valence-electron chi connectivity index (χ4n) is 1.25. The molecule has 2 atom stereocenters. The molecular weight excluding hydrogens is 116 g/mol.